The Morgan fingerprint density at radius 1 is 1.08 bits per heavy atom. The van der Waals surface area contributed by atoms with Crippen LogP contribution in [-0.2, 0) is 6.42 Å². The number of benzene rings is 2. The normalized spacial score (nSPS) is 10.6. The molecule has 2 N–H and O–H groups in total. The lowest BCUT2D eigenvalue weighted by atomic mass is 10.1. The quantitative estimate of drug-likeness (QED) is 0.732. The van der Waals surface area contributed by atoms with Crippen LogP contribution >= 0.6 is 0 Å². The van der Waals surface area contributed by atoms with E-state index >= 15 is 0 Å². The second-order valence-electron chi connectivity index (χ2n) is 5.44. The van der Waals surface area contributed by atoms with Gasteiger partial charge in [-0.15, -0.1) is 0 Å². The van der Waals surface area contributed by atoms with Crippen LogP contribution in [0.15, 0.2) is 48.7 Å². The molecule has 3 rings (SSSR count). The van der Waals surface area contributed by atoms with E-state index in [4.69, 9.17) is 9.47 Å². The van der Waals surface area contributed by atoms with Gasteiger partial charge in [0.1, 0.15) is 17.1 Å². The molecule has 1 heterocycles. The van der Waals surface area contributed by atoms with Crippen molar-refractivity contribution in [3.8, 4) is 11.5 Å². The number of hydrogen-bond acceptors (Lipinski definition) is 3. The van der Waals surface area contributed by atoms with E-state index in [1.807, 2.05) is 12.3 Å². The first-order valence-electron chi connectivity index (χ1n) is 7.78. The number of amides is 1. The molecule has 2 aromatic carbocycles. The number of aromatic nitrogens is 1. The van der Waals surface area contributed by atoms with Crippen LogP contribution in [0.3, 0.4) is 0 Å². The van der Waals surface area contributed by atoms with Gasteiger partial charge in [0.15, 0.2) is 0 Å². The Balaban J connectivity index is 1.67. The smallest absolute Gasteiger partial charge is 0.258 e. The van der Waals surface area contributed by atoms with Gasteiger partial charge in [0.05, 0.1) is 14.2 Å². The summed E-state index contributed by atoms with van der Waals surface area (Å²) in [6.45, 7) is 0.534. The second kappa shape index (κ2) is 7.08. The number of aromatic amines is 1. The van der Waals surface area contributed by atoms with Gasteiger partial charge in [-0.25, -0.2) is 0 Å². The molecule has 24 heavy (non-hydrogen) atoms. The van der Waals surface area contributed by atoms with Gasteiger partial charge in [-0.1, -0.05) is 18.2 Å². The van der Waals surface area contributed by atoms with Crippen molar-refractivity contribution in [3.63, 3.8) is 0 Å². The number of rotatable bonds is 6. The van der Waals surface area contributed by atoms with Crippen LogP contribution in [0.25, 0.3) is 10.9 Å². The van der Waals surface area contributed by atoms with E-state index in [0.717, 1.165) is 17.5 Å². The summed E-state index contributed by atoms with van der Waals surface area (Å²) in [6.07, 6.45) is 2.67. The van der Waals surface area contributed by atoms with E-state index in [0.29, 0.717) is 23.6 Å². The van der Waals surface area contributed by atoms with Crippen molar-refractivity contribution in [1.29, 1.82) is 0 Å². The van der Waals surface area contributed by atoms with E-state index in [1.165, 1.54) is 19.6 Å². The molecular weight excluding hydrogens is 304 g/mol. The van der Waals surface area contributed by atoms with Gasteiger partial charge in [0, 0.05) is 18.3 Å². The molecule has 124 valence electrons. The number of methoxy groups -OCH3 is 2. The molecule has 0 saturated heterocycles. The van der Waals surface area contributed by atoms with Crippen molar-refractivity contribution in [1.82, 2.24) is 10.3 Å². The van der Waals surface area contributed by atoms with Crippen molar-refractivity contribution in [2.45, 2.75) is 6.42 Å². The summed E-state index contributed by atoms with van der Waals surface area (Å²) in [4.78, 5) is 15.7. The van der Waals surface area contributed by atoms with Crippen molar-refractivity contribution in [2.24, 2.45) is 0 Å². The lowest BCUT2D eigenvalue weighted by Crippen LogP contribution is -2.26. The van der Waals surface area contributed by atoms with Crippen molar-refractivity contribution < 1.29 is 14.3 Å². The van der Waals surface area contributed by atoms with Crippen LogP contribution in [0, 0.1) is 0 Å². The first-order valence-corrected chi connectivity index (χ1v) is 7.78. The zero-order valence-corrected chi connectivity index (χ0v) is 13.8. The molecule has 0 fully saturated rings. The average molecular weight is 324 g/mol. The minimum Gasteiger partial charge on any atom is -0.496 e. The van der Waals surface area contributed by atoms with Gasteiger partial charge in [0.2, 0.25) is 0 Å². The monoisotopic (exact) mass is 324 g/mol. The summed E-state index contributed by atoms with van der Waals surface area (Å²) in [5.74, 6) is 0.796. The maximum atomic E-state index is 12.5. The highest BCUT2D eigenvalue weighted by Crippen LogP contribution is 2.27. The lowest BCUT2D eigenvalue weighted by molar-refractivity contribution is 0.0948. The molecule has 0 atom stereocenters. The predicted molar refractivity (Wildman–Crippen MR) is 93.9 cm³/mol. The van der Waals surface area contributed by atoms with E-state index in [-0.39, 0.29) is 5.91 Å². The molecule has 1 aromatic heterocycles. The molecule has 0 aliphatic carbocycles. The van der Waals surface area contributed by atoms with Gasteiger partial charge in [-0.2, -0.15) is 0 Å². The van der Waals surface area contributed by atoms with Crippen LogP contribution in [0.2, 0.25) is 0 Å². The second-order valence-corrected chi connectivity index (χ2v) is 5.44. The largest absolute Gasteiger partial charge is 0.496 e. The molecule has 5 heteroatoms. The third-order valence-electron chi connectivity index (χ3n) is 3.97. The fraction of sp³-hybridized carbons (Fsp3) is 0.211. The molecule has 0 radical (unpaired) electrons. The predicted octanol–water partition coefficient (Wildman–Crippen LogP) is 3.16. The third-order valence-corrected chi connectivity index (χ3v) is 3.97. The van der Waals surface area contributed by atoms with Gasteiger partial charge in [-0.05, 0) is 41.6 Å². The summed E-state index contributed by atoms with van der Waals surface area (Å²) >= 11 is 0. The molecule has 0 unspecified atom stereocenters. The Morgan fingerprint density at radius 2 is 1.83 bits per heavy atom. The van der Waals surface area contributed by atoms with Gasteiger partial charge in [-0.3, -0.25) is 4.79 Å². The maximum absolute atomic E-state index is 12.5. The van der Waals surface area contributed by atoms with Crippen LogP contribution in [-0.4, -0.2) is 31.7 Å². The van der Waals surface area contributed by atoms with Crippen LogP contribution in [0.5, 0.6) is 11.5 Å². The number of carbonyl (C=O) groups excluding carboxylic acids is 1. The Labute approximate surface area is 140 Å². The van der Waals surface area contributed by atoms with Crippen LogP contribution in [0.4, 0.5) is 0 Å². The molecular formula is C19H20N2O3. The minimum absolute atomic E-state index is 0.203. The Kier molecular flexibility index (Phi) is 4.70. The number of carbonyl (C=O) groups is 1. The topological polar surface area (TPSA) is 63.4 Å². The molecule has 0 aliphatic rings. The number of ether oxygens (including phenoxy) is 2. The number of H-pyrrole nitrogens is 1. The Hall–Kier alpha value is -2.95. The summed E-state index contributed by atoms with van der Waals surface area (Å²) in [7, 11) is 3.08. The lowest BCUT2D eigenvalue weighted by Gasteiger charge is -2.13. The summed E-state index contributed by atoms with van der Waals surface area (Å²) in [5.41, 5.74) is 2.68. The van der Waals surface area contributed by atoms with Crippen LogP contribution in [0.1, 0.15) is 15.9 Å². The van der Waals surface area contributed by atoms with Gasteiger partial charge in [0.25, 0.3) is 5.91 Å². The molecule has 1 amide bonds. The zero-order chi connectivity index (χ0) is 16.9. The highest BCUT2D eigenvalue weighted by molar-refractivity contribution is 5.99. The van der Waals surface area contributed by atoms with E-state index in [1.54, 1.807) is 18.2 Å². The molecule has 0 bridgehead atoms. The molecule has 0 saturated carbocycles. The molecule has 5 nitrogen and oxygen atoms in total. The molecule has 0 spiro atoms. The summed E-state index contributed by atoms with van der Waals surface area (Å²) in [5, 5.41) is 4.11. The average Bonchev–Trinajstić information content (AvgIpc) is 3.08. The number of hydrogen-bond donors (Lipinski definition) is 2. The molecule has 0 aliphatic heterocycles. The van der Waals surface area contributed by atoms with Crippen LogP contribution < -0.4 is 14.8 Å². The number of nitrogens with one attached hydrogen (secondary N) is 2. The van der Waals surface area contributed by atoms with E-state index < -0.39 is 0 Å². The van der Waals surface area contributed by atoms with Crippen molar-refractivity contribution in [2.75, 3.05) is 20.8 Å². The van der Waals surface area contributed by atoms with Crippen molar-refractivity contribution >= 4 is 16.8 Å². The highest BCUT2D eigenvalue weighted by atomic mass is 16.5. The van der Waals surface area contributed by atoms with E-state index in [2.05, 4.69) is 28.5 Å². The Morgan fingerprint density at radius 3 is 2.54 bits per heavy atom. The first-order chi connectivity index (χ1) is 11.7. The Bertz CT molecular complexity index is 832. The third kappa shape index (κ3) is 3.20. The standard InChI is InChI=1S/C19H20N2O3/c1-23-16-4-3-5-17(24-2)18(16)19(22)21-10-8-13-6-7-14-9-11-20-15(14)12-13/h3-7,9,11-12,20H,8,10H2,1-2H3,(H,21,22). The summed E-state index contributed by atoms with van der Waals surface area (Å²) in [6, 6.07) is 13.6. The van der Waals surface area contributed by atoms with Crippen molar-refractivity contribution in [3.05, 3.63) is 59.8 Å². The minimum atomic E-state index is -0.203. The highest BCUT2D eigenvalue weighted by Gasteiger charge is 2.17. The van der Waals surface area contributed by atoms with E-state index in [9.17, 15) is 4.79 Å². The van der Waals surface area contributed by atoms with Gasteiger partial charge >= 0.3 is 0 Å². The maximum Gasteiger partial charge on any atom is 0.258 e. The van der Waals surface area contributed by atoms with Gasteiger partial charge < -0.3 is 19.8 Å². The fourth-order valence-electron chi connectivity index (χ4n) is 2.73. The fourth-order valence-corrected chi connectivity index (χ4v) is 2.73. The molecule has 3 aromatic rings. The zero-order valence-electron chi connectivity index (χ0n) is 13.8. The summed E-state index contributed by atoms with van der Waals surface area (Å²) < 4.78 is 10.5. The SMILES string of the molecule is COc1cccc(OC)c1C(=O)NCCc1ccc2cc[nH]c2c1. The number of fused-ring (bicyclic) bond motifs is 1. The first kappa shape index (κ1) is 15.9.